The number of amides is 1. The van der Waals surface area contributed by atoms with Crippen LogP contribution in [0, 0.1) is 5.92 Å². The molecule has 6 nitrogen and oxygen atoms in total. The second-order valence-corrected chi connectivity index (χ2v) is 5.60. The molecule has 2 heterocycles. The summed E-state index contributed by atoms with van der Waals surface area (Å²) in [5.74, 6) is -0.149. The molecule has 1 aromatic rings. The summed E-state index contributed by atoms with van der Waals surface area (Å²) in [6.07, 6.45) is 4.09. The number of nitrogens with one attached hydrogen (secondary N) is 2. The zero-order valence-electron chi connectivity index (χ0n) is 12.6. The van der Waals surface area contributed by atoms with Crippen LogP contribution in [0.2, 0.25) is 0 Å². The van der Waals surface area contributed by atoms with E-state index in [4.69, 9.17) is 5.11 Å². The third-order valence-corrected chi connectivity index (χ3v) is 3.99. The average molecular weight is 317 g/mol. The second kappa shape index (κ2) is 8.36. The van der Waals surface area contributed by atoms with E-state index in [0.717, 1.165) is 25.9 Å². The first-order valence-electron chi connectivity index (χ1n) is 7.29. The van der Waals surface area contributed by atoms with Crippen molar-refractivity contribution >= 4 is 18.3 Å². The highest BCUT2D eigenvalue weighted by Crippen LogP contribution is 2.15. The number of carbonyl (C=O) groups excluding carboxylic acids is 1. The molecule has 3 N–H and O–H groups in total. The molecule has 0 saturated carbocycles. The summed E-state index contributed by atoms with van der Waals surface area (Å²) in [6, 6.07) is 2.01. The fourth-order valence-electron chi connectivity index (χ4n) is 2.30. The van der Waals surface area contributed by atoms with Crippen LogP contribution in [-0.4, -0.2) is 46.5 Å². The van der Waals surface area contributed by atoms with Gasteiger partial charge in [-0.15, -0.1) is 12.4 Å². The van der Waals surface area contributed by atoms with Crippen LogP contribution in [0.15, 0.2) is 12.3 Å². The zero-order valence-corrected chi connectivity index (χ0v) is 13.4. The molecule has 0 bridgehead atoms. The van der Waals surface area contributed by atoms with E-state index in [2.05, 4.69) is 15.7 Å². The van der Waals surface area contributed by atoms with Gasteiger partial charge in [-0.05, 0) is 38.3 Å². The van der Waals surface area contributed by atoms with E-state index in [9.17, 15) is 4.79 Å². The molecule has 0 aromatic carbocycles. The van der Waals surface area contributed by atoms with E-state index in [0.29, 0.717) is 11.7 Å². The number of carbonyl (C=O) groups is 1. The van der Waals surface area contributed by atoms with E-state index in [1.165, 1.54) is 0 Å². The SMILES string of the molecule is CC(CO)C(C)NC(=O)c1ccn(C2CCCNC2)n1.Cl. The van der Waals surface area contributed by atoms with Crippen LogP contribution in [0.3, 0.4) is 0 Å². The number of aliphatic hydroxyl groups excluding tert-OH is 1. The highest BCUT2D eigenvalue weighted by molar-refractivity contribution is 5.92. The highest BCUT2D eigenvalue weighted by atomic mass is 35.5. The molecule has 0 spiro atoms. The van der Waals surface area contributed by atoms with Gasteiger partial charge < -0.3 is 15.7 Å². The molecule has 1 saturated heterocycles. The fraction of sp³-hybridized carbons (Fsp3) is 0.714. The lowest BCUT2D eigenvalue weighted by molar-refractivity contribution is 0.0910. The molecule has 3 unspecified atom stereocenters. The fourth-order valence-corrected chi connectivity index (χ4v) is 2.30. The Morgan fingerprint density at radius 1 is 1.62 bits per heavy atom. The lowest BCUT2D eigenvalue weighted by Gasteiger charge is -2.23. The maximum Gasteiger partial charge on any atom is 0.271 e. The molecule has 1 aliphatic rings. The first kappa shape index (κ1) is 17.9. The minimum absolute atomic E-state index is 0. The van der Waals surface area contributed by atoms with Gasteiger partial charge in [-0.25, -0.2) is 0 Å². The molecule has 1 amide bonds. The molecule has 3 atom stereocenters. The first-order chi connectivity index (χ1) is 9.61. The lowest BCUT2D eigenvalue weighted by Crippen LogP contribution is -2.38. The molecule has 7 heteroatoms. The van der Waals surface area contributed by atoms with Crippen molar-refractivity contribution in [3.8, 4) is 0 Å². The smallest absolute Gasteiger partial charge is 0.271 e. The topological polar surface area (TPSA) is 79.2 Å². The second-order valence-electron chi connectivity index (χ2n) is 5.60. The van der Waals surface area contributed by atoms with Gasteiger partial charge >= 0.3 is 0 Å². The Morgan fingerprint density at radius 2 is 2.38 bits per heavy atom. The average Bonchev–Trinajstić information content (AvgIpc) is 2.97. The number of piperidine rings is 1. The van der Waals surface area contributed by atoms with Gasteiger partial charge in [0.15, 0.2) is 0 Å². The number of rotatable bonds is 5. The normalized spacial score (nSPS) is 21.2. The van der Waals surface area contributed by atoms with Gasteiger partial charge in [0.1, 0.15) is 5.69 Å². The Morgan fingerprint density at radius 3 is 3.00 bits per heavy atom. The molecule has 1 aromatic heterocycles. The summed E-state index contributed by atoms with van der Waals surface area (Å²) in [5.41, 5.74) is 0.438. The van der Waals surface area contributed by atoms with Gasteiger partial charge in [-0.1, -0.05) is 6.92 Å². The molecule has 120 valence electrons. The summed E-state index contributed by atoms with van der Waals surface area (Å²) >= 11 is 0. The van der Waals surface area contributed by atoms with Crippen molar-refractivity contribution in [1.29, 1.82) is 0 Å². The number of halogens is 1. The van der Waals surface area contributed by atoms with Crippen molar-refractivity contribution in [2.45, 2.75) is 38.8 Å². The predicted molar refractivity (Wildman–Crippen MR) is 83.8 cm³/mol. The van der Waals surface area contributed by atoms with E-state index in [1.807, 2.05) is 24.7 Å². The largest absolute Gasteiger partial charge is 0.396 e. The third kappa shape index (κ3) is 4.69. The number of nitrogens with zero attached hydrogens (tertiary/aromatic N) is 2. The quantitative estimate of drug-likeness (QED) is 0.756. The molecule has 0 radical (unpaired) electrons. The Balaban J connectivity index is 0.00000220. The maximum atomic E-state index is 12.1. The van der Waals surface area contributed by atoms with Crippen LogP contribution >= 0.6 is 12.4 Å². The van der Waals surface area contributed by atoms with Gasteiger partial charge in [-0.3, -0.25) is 9.48 Å². The van der Waals surface area contributed by atoms with Crippen LogP contribution in [0.5, 0.6) is 0 Å². The summed E-state index contributed by atoms with van der Waals surface area (Å²) in [7, 11) is 0. The molecule has 2 rings (SSSR count). The van der Waals surface area contributed by atoms with Crippen molar-refractivity contribution in [2.75, 3.05) is 19.7 Å². The number of aromatic nitrogens is 2. The first-order valence-corrected chi connectivity index (χ1v) is 7.29. The molecular weight excluding hydrogens is 292 g/mol. The Bertz CT molecular complexity index is 446. The predicted octanol–water partition coefficient (Wildman–Crippen LogP) is 0.976. The third-order valence-electron chi connectivity index (χ3n) is 3.99. The highest BCUT2D eigenvalue weighted by Gasteiger charge is 2.19. The maximum absolute atomic E-state index is 12.1. The minimum Gasteiger partial charge on any atom is -0.396 e. The van der Waals surface area contributed by atoms with Gasteiger partial charge in [-0.2, -0.15) is 5.10 Å². The Labute approximate surface area is 131 Å². The van der Waals surface area contributed by atoms with Gasteiger partial charge in [0.25, 0.3) is 5.91 Å². The van der Waals surface area contributed by atoms with Crippen LogP contribution in [0.25, 0.3) is 0 Å². The van der Waals surface area contributed by atoms with Gasteiger partial charge in [0.05, 0.1) is 6.04 Å². The van der Waals surface area contributed by atoms with E-state index < -0.39 is 0 Å². The van der Waals surface area contributed by atoms with E-state index >= 15 is 0 Å². The summed E-state index contributed by atoms with van der Waals surface area (Å²) in [5, 5.41) is 19.7. The molecule has 0 aliphatic carbocycles. The summed E-state index contributed by atoms with van der Waals surface area (Å²) in [6.45, 7) is 5.81. The monoisotopic (exact) mass is 316 g/mol. The number of hydrogen-bond acceptors (Lipinski definition) is 4. The van der Waals surface area contributed by atoms with Crippen LogP contribution < -0.4 is 10.6 Å². The summed E-state index contributed by atoms with van der Waals surface area (Å²) in [4.78, 5) is 12.1. The number of aliphatic hydroxyl groups is 1. The van der Waals surface area contributed by atoms with Crippen LogP contribution in [-0.2, 0) is 0 Å². The zero-order chi connectivity index (χ0) is 14.5. The molecule has 21 heavy (non-hydrogen) atoms. The lowest BCUT2D eigenvalue weighted by atomic mass is 10.1. The van der Waals surface area contributed by atoms with Crippen LogP contribution in [0.4, 0.5) is 0 Å². The Hall–Kier alpha value is -1.11. The van der Waals surface area contributed by atoms with Crippen molar-refractivity contribution in [2.24, 2.45) is 5.92 Å². The van der Waals surface area contributed by atoms with Crippen molar-refractivity contribution in [3.63, 3.8) is 0 Å². The van der Waals surface area contributed by atoms with Crippen molar-refractivity contribution in [3.05, 3.63) is 18.0 Å². The summed E-state index contributed by atoms with van der Waals surface area (Å²) < 4.78 is 1.88. The van der Waals surface area contributed by atoms with Crippen LogP contribution in [0.1, 0.15) is 43.2 Å². The van der Waals surface area contributed by atoms with Crippen molar-refractivity contribution in [1.82, 2.24) is 20.4 Å². The van der Waals surface area contributed by atoms with E-state index in [-0.39, 0.29) is 36.9 Å². The Kier molecular flexibility index (Phi) is 7.14. The number of hydrogen-bond donors (Lipinski definition) is 3. The van der Waals surface area contributed by atoms with Gasteiger partial charge in [0.2, 0.25) is 0 Å². The molecule has 1 aliphatic heterocycles. The standard InChI is InChI=1S/C14H24N4O2.ClH/c1-10(9-19)11(2)16-14(20)13-5-7-18(17-13)12-4-3-6-15-8-12;/h5,7,10-12,15,19H,3-4,6,8-9H2,1-2H3,(H,16,20);1H. The van der Waals surface area contributed by atoms with Crippen molar-refractivity contribution < 1.29 is 9.90 Å². The molecule has 1 fully saturated rings. The minimum atomic E-state index is -0.180. The molecular formula is C14H25ClN4O2. The van der Waals surface area contributed by atoms with Gasteiger partial charge in [0, 0.05) is 25.4 Å². The van der Waals surface area contributed by atoms with E-state index in [1.54, 1.807) is 6.07 Å².